The minimum Gasteiger partial charge on any atom is -0.436 e. The van der Waals surface area contributed by atoms with Crippen LogP contribution in [-0.4, -0.2) is 10.9 Å². The van der Waals surface area contributed by atoms with Gasteiger partial charge in [0.25, 0.3) is 0 Å². The van der Waals surface area contributed by atoms with Gasteiger partial charge in [0.15, 0.2) is 5.58 Å². The van der Waals surface area contributed by atoms with Gasteiger partial charge in [-0.2, -0.15) is 0 Å². The van der Waals surface area contributed by atoms with Crippen molar-refractivity contribution in [3.8, 4) is 11.5 Å². The summed E-state index contributed by atoms with van der Waals surface area (Å²) in [7, 11) is 0. The Morgan fingerprint density at radius 2 is 1.79 bits per heavy atom. The number of carbonyl (C=O) groups excluding carboxylic acids is 1. The highest BCUT2D eigenvalue weighted by Gasteiger charge is 2.09. The molecule has 0 bridgehead atoms. The fourth-order valence-electron chi connectivity index (χ4n) is 3.18. The fourth-order valence-corrected chi connectivity index (χ4v) is 3.18. The number of amides is 1. The predicted octanol–water partition coefficient (Wildman–Crippen LogP) is 5.76. The van der Waals surface area contributed by atoms with E-state index >= 15 is 0 Å². The third-order valence-corrected chi connectivity index (χ3v) is 4.67. The molecular weight excluding hydrogens is 348 g/mol. The standard InChI is InChI=1S/C24H22N2O2/c1-17-10-15-22-21(16-17)26-24(28-22)19-11-13-20(14-12-19)25-23(27)9-5-8-18-6-3-2-4-7-18/h2-4,6-7,10-16H,5,8-9H2,1H3,(H,25,27). The number of oxazole rings is 1. The minimum absolute atomic E-state index is 0.0287. The van der Waals surface area contributed by atoms with Crippen LogP contribution in [-0.2, 0) is 11.2 Å². The first-order valence-corrected chi connectivity index (χ1v) is 9.49. The van der Waals surface area contributed by atoms with Gasteiger partial charge >= 0.3 is 0 Å². The summed E-state index contributed by atoms with van der Waals surface area (Å²) in [5, 5.41) is 2.95. The quantitative estimate of drug-likeness (QED) is 0.469. The lowest BCUT2D eigenvalue weighted by atomic mass is 10.1. The second-order valence-corrected chi connectivity index (χ2v) is 6.95. The van der Waals surface area contributed by atoms with Crippen LogP contribution in [0.25, 0.3) is 22.6 Å². The number of fused-ring (bicyclic) bond motifs is 1. The van der Waals surface area contributed by atoms with Crippen LogP contribution in [0.15, 0.2) is 77.2 Å². The van der Waals surface area contributed by atoms with Crippen LogP contribution in [0.4, 0.5) is 5.69 Å². The molecule has 0 spiro atoms. The smallest absolute Gasteiger partial charge is 0.227 e. The van der Waals surface area contributed by atoms with Crippen LogP contribution in [0.1, 0.15) is 24.0 Å². The molecule has 0 aliphatic carbocycles. The molecule has 4 rings (SSSR count). The summed E-state index contributed by atoms with van der Waals surface area (Å²) in [4.78, 5) is 16.7. The maximum atomic E-state index is 12.2. The van der Waals surface area contributed by atoms with Crippen molar-refractivity contribution < 1.29 is 9.21 Å². The normalized spacial score (nSPS) is 10.9. The summed E-state index contributed by atoms with van der Waals surface area (Å²) in [5.41, 5.74) is 5.70. The topological polar surface area (TPSA) is 55.1 Å². The number of aromatic nitrogens is 1. The number of aryl methyl sites for hydroxylation is 2. The van der Waals surface area contributed by atoms with Crippen LogP contribution in [0.5, 0.6) is 0 Å². The third-order valence-electron chi connectivity index (χ3n) is 4.67. The van der Waals surface area contributed by atoms with Crippen molar-refractivity contribution in [3.05, 3.63) is 83.9 Å². The fraction of sp³-hybridized carbons (Fsp3) is 0.167. The predicted molar refractivity (Wildman–Crippen MR) is 112 cm³/mol. The van der Waals surface area contributed by atoms with Gasteiger partial charge in [0.2, 0.25) is 11.8 Å². The SMILES string of the molecule is Cc1ccc2oc(-c3ccc(NC(=O)CCCc4ccccc4)cc3)nc2c1. The van der Waals surface area contributed by atoms with Crippen molar-refractivity contribution in [2.75, 3.05) is 5.32 Å². The zero-order valence-electron chi connectivity index (χ0n) is 15.8. The maximum Gasteiger partial charge on any atom is 0.227 e. The van der Waals surface area contributed by atoms with Crippen molar-refractivity contribution in [2.24, 2.45) is 0 Å². The van der Waals surface area contributed by atoms with Gasteiger partial charge in [-0.05, 0) is 67.3 Å². The summed E-state index contributed by atoms with van der Waals surface area (Å²) in [6.07, 6.45) is 2.24. The molecule has 0 aliphatic rings. The van der Waals surface area contributed by atoms with E-state index in [1.54, 1.807) is 0 Å². The van der Waals surface area contributed by atoms with Gasteiger partial charge in [-0.15, -0.1) is 0 Å². The zero-order chi connectivity index (χ0) is 19.3. The number of nitrogens with zero attached hydrogens (tertiary/aromatic N) is 1. The lowest BCUT2D eigenvalue weighted by molar-refractivity contribution is -0.116. The third kappa shape index (κ3) is 4.29. The summed E-state index contributed by atoms with van der Waals surface area (Å²) in [5.74, 6) is 0.613. The number of nitrogens with one attached hydrogen (secondary N) is 1. The number of anilines is 1. The van der Waals surface area contributed by atoms with E-state index < -0.39 is 0 Å². The number of benzene rings is 3. The number of hydrogen-bond acceptors (Lipinski definition) is 3. The van der Waals surface area contributed by atoms with Crippen molar-refractivity contribution >= 4 is 22.7 Å². The molecule has 4 aromatic rings. The van der Waals surface area contributed by atoms with Gasteiger partial charge in [0.1, 0.15) is 5.52 Å². The Kier molecular flexibility index (Phi) is 5.20. The highest BCUT2D eigenvalue weighted by molar-refractivity contribution is 5.91. The van der Waals surface area contributed by atoms with Gasteiger partial charge in [0, 0.05) is 17.7 Å². The molecule has 4 heteroatoms. The molecule has 140 valence electrons. The molecule has 1 amide bonds. The average molecular weight is 370 g/mol. The first-order valence-electron chi connectivity index (χ1n) is 9.49. The summed E-state index contributed by atoms with van der Waals surface area (Å²) < 4.78 is 5.83. The van der Waals surface area contributed by atoms with E-state index in [0.717, 1.165) is 40.8 Å². The molecule has 28 heavy (non-hydrogen) atoms. The van der Waals surface area contributed by atoms with Crippen LogP contribution < -0.4 is 5.32 Å². The Morgan fingerprint density at radius 1 is 1.00 bits per heavy atom. The summed E-state index contributed by atoms with van der Waals surface area (Å²) >= 11 is 0. The Bertz CT molecular complexity index is 1080. The second kappa shape index (κ2) is 8.09. The molecular formula is C24H22N2O2. The molecule has 0 atom stereocenters. The molecule has 3 aromatic carbocycles. The monoisotopic (exact) mass is 370 g/mol. The van der Waals surface area contributed by atoms with E-state index in [4.69, 9.17) is 4.42 Å². The van der Waals surface area contributed by atoms with Crippen LogP contribution in [0.2, 0.25) is 0 Å². The molecule has 1 aromatic heterocycles. The molecule has 0 radical (unpaired) electrons. The Hall–Kier alpha value is -3.40. The van der Waals surface area contributed by atoms with Crippen LogP contribution in [0, 0.1) is 6.92 Å². The number of carbonyl (C=O) groups is 1. The van der Waals surface area contributed by atoms with E-state index in [-0.39, 0.29) is 5.91 Å². The minimum atomic E-state index is 0.0287. The van der Waals surface area contributed by atoms with Gasteiger partial charge in [-0.1, -0.05) is 36.4 Å². The number of rotatable bonds is 6. The van der Waals surface area contributed by atoms with E-state index in [0.29, 0.717) is 12.3 Å². The van der Waals surface area contributed by atoms with Crippen LogP contribution >= 0.6 is 0 Å². The van der Waals surface area contributed by atoms with E-state index in [9.17, 15) is 4.79 Å². The highest BCUT2D eigenvalue weighted by atomic mass is 16.3. The largest absolute Gasteiger partial charge is 0.436 e. The second-order valence-electron chi connectivity index (χ2n) is 6.95. The first kappa shape index (κ1) is 18.0. The molecule has 0 aliphatic heterocycles. The van der Waals surface area contributed by atoms with E-state index in [1.165, 1.54) is 5.56 Å². The Morgan fingerprint density at radius 3 is 2.57 bits per heavy atom. The van der Waals surface area contributed by atoms with Crippen molar-refractivity contribution in [3.63, 3.8) is 0 Å². The first-order chi connectivity index (χ1) is 13.7. The lowest BCUT2D eigenvalue weighted by Crippen LogP contribution is -2.11. The lowest BCUT2D eigenvalue weighted by Gasteiger charge is -2.06. The van der Waals surface area contributed by atoms with Gasteiger partial charge in [-0.3, -0.25) is 4.79 Å². The summed E-state index contributed by atoms with van der Waals surface area (Å²) in [6, 6.07) is 23.8. The summed E-state index contributed by atoms with van der Waals surface area (Å²) in [6.45, 7) is 2.03. The van der Waals surface area contributed by atoms with Gasteiger partial charge in [-0.25, -0.2) is 4.98 Å². The molecule has 1 heterocycles. The van der Waals surface area contributed by atoms with Crippen LogP contribution in [0.3, 0.4) is 0 Å². The van der Waals surface area contributed by atoms with Crippen molar-refractivity contribution in [1.29, 1.82) is 0 Å². The molecule has 0 saturated heterocycles. The Balaban J connectivity index is 1.35. The molecule has 1 N–H and O–H groups in total. The average Bonchev–Trinajstić information content (AvgIpc) is 3.12. The highest BCUT2D eigenvalue weighted by Crippen LogP contribution is 2.26. The molecule has 0 unspecified atom stereocenters. The number of hydrogen-bond donors (Lipinski definition) is 1. The Labute approximate surface area is 164 Å². The van der Waals surface area contributed by atoms with E-state index in [1.807, 2.05) is 67.6 Å². The molecule has 0 fully saturated rings. The maximum absolute atomic E-state index is 12.2. The van der Waals surface area contributed by atoms with Gasteiger partial charge in [0.05, 0.1) is 0 Å². The van der Waals surface area contributed by atoms with Crippen molar-refractivity contribution in [2.45, 2.75) is 26.2 Å². The van der Waals surface area contributed by atoms with Crippen molar-refractivity contribution in [1.82, 2.24) is 4.98 Å². The molecule has 0 saturated carbocycles. The molecule has 4 nitrogen and oxygen atoms in total. The van der Waals surface area contributed by atoms with E-state index in [2.05, 4.69) is 22.4 Å². The van der Waals surface area contributed by atoms with Gasteiger partial charge < -0.3 is 9.73 Å². The zero-order valence-corrected chi connectivity index (χ0v) is 15.8.